The van der Waals surface area contributed by atoms with Crippen LogP contribution in [0.4, 0.5) is 4.39 Å². The highest BCUT2D eigenvalue weighted by molar-refractivity contribution is 9.10. The molecule has 1 aromatic carbocycles. The summed E-state index contributed by atoms with van der Waals surface area (Å²) in [6, 6.07) is 5.61. The monoisotopic (exact) mass is 258 g/mol. The fourth-order valence-corrected chi connectivity index (χ4v) is 1.34. The van der Waals surface area contributed by atoms with Gasteiger partial charge in [0.25, 0.3) is 0 Å². The summed E-state index contributed by atoms with van der Waals surface area (Å²) < 4.78 is 12.6. The molecule has 0 bridgehead atoms. The van der Waals surface area contributed by atoms with Gasteiger partial charge in [0.2, 0.25) is 0 Å². The van der Waals surface area contributed by atoms with E-state index in [2.05, 4.69) is 15.9 Å². The zero-order valence-corrected chi connectivity index (χ0v) is 9.71. The highest BCUT2D eigenvalue weighted by Gasteiger charge is 2.19. The normalized spacial score (nSPS) is 12.9. The minimum atomic E-state index is -0.322. The Bertz CT molecular complexity index is 319. The third-order valence-corrected chi connectivity index (χ3v) is 3.44. The molecule has 1 rings (SSSR count). The molecule has 0 saturated heterocycles. The Kier molecular flexibility index (Phi) is 3.81. The maximum atomic E-state index is 12.6. The molecule has 0 spiro atoms. The quantitative estimate of drug-likeness (QED) is 0.600. The number of halogens is 2. The van der Waals surface area contributed by atoms with Crippen LogP contribution >= 0.6 is 15.9 Å². The van der Waals surface area contributed by atoms with Crippen molar-refractivity contribution in [3.8, 4) is 0 Å². The van der Waals surface area contributed by atoms with Gasteiger partial charge in [0.15, 0.2) is 5.78 Å². The molecule has 0 aromatic heterocycles. The summed E-state index contributed by atoms with van der Waals surface area (Å²) >= 11 is 3.32. The van der Waals surface area contributed by atoms with Gasteiger partial charge in [-0.15, -0.1) is 0 Å². The van der Waals surface area contributed by atoms with Gasteiger partial charge in [0.1, 0.15) is 5.82 Å². The Morgan fingerprint density at radius 3 is 2.21 bits per heavy atom. The maximum Gasteiger partial charge on any atom is 0.176 e. The van der Waals surface area contributed by atoms with E-state index in [1.165, 1.54) is 24.3 Å². The van der Waals surface area contributed by atoms with Gasteiger partial charge in [-0.3, -0.25) is 4.79 Å². The van der Waals surface area contributed by atoms with Gasteiger partial charge < -0.3 is 0 Å². The average Bonchev–Trinajstić information content (AvgIpc) is 2.16. The fourth-order valence-electron chi connectivity index (χ4n) is 1.08. The summed E-state index contributed by atoms with van der Waals surface area (Å²) in [5.74, 6) is -0.0928. The number of alkyl halides is 1. The van der Waals surface area contributed by atoms with Crippen molar-refractivity contribution in [2.24, 2.45) is 5.92 Å². The standard InChI is InChI=1S/C11H12BrFO/c1-7(2)10(12)11(14)8-3-5-9(13)6-4-8/h3-7,10H,1-2H3. The molecule has 14 heavy (non-hydrogen) atoms. The summed E-state index contributed by atoms with van der Waals surface area (Å²) in [6.45, 7) is 3.92. The van der Waals surface area contributed by atoms with E-state index in [9.17, 15) is 9.18 Å². The zero-order valence-electron chi connectivity index (χ0n) is 8.13. The van der Waals surface area contributed by atoms with Gasteiger partial charge in [0, 0.05) is 5.56 Å². The van der Waals surface area contributed by atoms with E-state index in [1.54, 1.807) is 0 Å². The van der Waals surface area contributed by atoms with E-state index in [1.807, 2.05) is 13.8 Å². The number of benzene rings is 1. The van der Waals surface area contributed by atoms with E-state index >= 15 is 0 Å². The first-order valence-corrected chi connectivity index (χ1v) is 5.38. The summed E-state index contributed by atoms with van der Waals surface area (Å²) in [5, 5.41) is 0. The molecule has 1 atom stereocenters. The van der Waals surface area contributed by atoms with Gasteiger partial charge in [0.05, 0.1) is 4.83 Å². The van der Waals surface area contributed by atoms with Gasteiger partial charge in [-0.25, -0.2) is 4.39 Å². The summed E-state index contributed by atoms with van der Waals surface area (Å²) in [7, 11) is 0. The molecule has 0 N–H and O–H groups in total. The highest BCUT2D eigenvalue weighted by atomic mass is 79.9. The molecule has 0 aliphatic carbocycles. The minimum absolute atomic E-state index is 0.000000000000000666. The lowest BCUT2D eigenvalue weighted by molar-refractivity contribution is 0.0978. The topological polar surface area (TPSA) is 17.1 Å². The number of ketones is 1. The van der Waals surface area contributed by atoms with Crippen molar-refractivity contribution in [1.29, 1.82) is 0 Å². The lowest BCUT2D eigenvalue weighted by atomic mass is 10.0. The molecule has 1 aromatic rings. The van der Waals surface area contributed by atoms with E-state index in [0.29, 0.717) is 5.56 Å². The van der Waals surface area contributed by atoms with Crippen LogP contribution in [0.5, 0.6) is 0 Å². The zero-order chi connectivity index (χ0) is 10.7. The largest absolute Gasteiger partial charge is 0.293 e. The van der Waals surface area contributed by atoms with Crippen LogP contribution in [0, 0.1) is 11.7 Å². The minimum Gasteiger partial charge on any atom is -0.293 e. The number of hydrogen-bond acceptors (Lipinski definition) is 1. The van der Waals surface area contributed by atoms with Crippen LogP contribution in [0.2, 0.25) is 0 Å². The molecule has 3 heteroatoms. The third-order valence-electron chi connectivity index (χ3n) is 1.96. The first-order chi connectivity index (χ1) is 6.52. The van der Waals surface area contributed by atoms with E-state index < -0.39 is 0 Å². The molecule has 0 radical (unpaired) electrons. The molecule has 0 fully saturated rings. The smallest absolute Gasteiger partial charge is 0.176 e. The molecule has 0 aliphatic rings. The number of hydrogen-bond donors (Lipinski definition) is 0. The highest BCUT2D eigenvalue weighted by Crippen LogP contribution is 2.18. The van der Waals surface area contributed by atoms with Crippen LogP contribution in [-0.2, 0) is 0 Å². The van der Waals surface area contributed by atoms with Crippen LogP contribution in [0.3, 0.4) is 0 Å². The van der Waals surface area contributed by atoms with Crippen molar-refractivity contribution in [2.75, 3.05) is 0 Å². The predicted octanol–water partition coefficient (Wildman–Crippen LogP) is 3.43. The van der Waals surface area contributed by atoms with Crippen LogP contribution in [0.25, 0.3) is 0 Å². The van der Waals surface area contributed by atoms with E-state index in [4.69, 9.17) is 0 Å². The Morgan fingerprint density at radius 1 is 1.29 bits per heavy atom. The van der Waals surface area contributed by atoms with E-state index in [0.717, 1.165) is 0 Å². The summed E-state index contributed by atoms with van der Waals surface area (Å²) in [5.41, 5.74) is 0.543. The summed E-state index contributed by atoms with van der Waals surface area (Å²) in [4.78, 5) is 11.5. The van der Waals surface area contributed by atoms with Gasteiger partial charge in [-0.1, -0.05) is 29.8 Å². The fraction of sp³-hybridized carbons (Fsp3) is 0.364. The second-order valence-corrected chi connectivity index (χ2v) is 4.50. The SMILES string of the molecule is CC(C)C(Br)C(=O)c1ccc(F)cc1. The van der Waals surface area contributed by atoms with Crippen molar-refractivity contribution in [3.05, 3.63) is 35.6 Å². The van der Waals surface area contributed by atoms with Crippen LogP contribution in [0.15, 0.2) is 24.3 Å². The molecular weight excluding hydrogens is 247 g/mol. The van der Waals surface area contributed by atoms with Crippen molar-refractivity contribution >= 4 is 21.7 Å². The lowest BCUT2D eigenvalue weighted by Gasteiger charge is -2.11. The number of carbonyl (C=O) groups excluding carboxylic acids is 1. The second-order valence-electron chi connectivity index (χ2n) is 3.52. The molecule has 0 heterocycles. The maximum absolute atomic E-state index is 12.6. The molecule has 0 amide bonds. The number of carbonyl (C=O) groups is 1. The van der Waals surface area contributed by atoms with Gasteiger partial charge in [-0.05, 0) is 30.2 Å². The molecule has 1 unspecified atom stereocenters. The van der Waals surface area contributed by atoms with Crippen LogP contribution in [-0.4, -0.2) is 10.6 Å². The van der Waals surface area contributed by atoms with Gasteiger partial charge in [-0.2, -0.15) is 0 Å². The van der Waals surface area contributed by atoms with Crippen LogP contribution in [0.1, 0.15) is 24.2 Å². The van der Waals surface area contributed by atoms with Crippen LogP contribution < -0.4 is 0 Å². The Hall–Kier alpha value is -0.700. The molecule has 0 saturated carbocycles. The number of rotatable bonds is 3. The van der Waals surface area contributed by atoms with Crippen molar-refractivity contribution < 1.29 is 9.18 Å². The number of Topliss-reactive ketones (excluding diaryl/α,β-unsaturated/α-hetero) is 1. The first-order valence-electron chi connectivity index (χ1n) is 4.46. The van der Waals surface area contributed by atoms with Crippen molar-refractivity contribution in [1.82, 2.24) is 0 Å². The molecule has 1 nitrogen and oxygen atoms in total. The van der Waals surface area contributed by atoms with Gasteiger partial charge >= 0.3 is 0 Å². The van der Waals surface area contributed by atoms with E-state index in [-0.39, 0.29) is 22.3 Å². The lowest BCUT2D eigenvalue weighted by Crippen LogP contribution is -2.19. The van der Waals surface area contributed by atoms with Crippen molar-refractivity contribution in [2.45, 2.75) is 18.7 Å². The Labute approximate surface area is 91.5 Å². The Morgan fingerprint density at radius 2 is 1.79 bits per heavy atom. The molecular formula is C11H12BrFO. The molecule has 0 aliphatic heterocycles. The third kappa shape index (κ3) is 2.64. The average molecular weight is 259 g/mol. The predicted molar refractivity (Wildman–Crippen MR) is 58.3 cm³/mol. The Balaban J connectivity index is 2.84. The first kappa shape index (κ1) is 11.4. The second kappa shape index (κ2) is 4.69. The van der Waals surface area contributed by atoms with Crippen molar-refractivity contribution in [3.63, 3.8) is 0 Å². The summed E-state index contributed by atoms with van der Waals surface area (Å²) in [6.07, 6.45) is 0. The molecule has 76 valence electrons.